The van der Waals surface area contributed by atoms with Crippen LogP contribution in [-0.4, -0.2) is 34.0 Å². The first kappa shape index (κ1) is 17.9. The molecule has 140 valence electrons. The highest BCUT2D eigenvalue weighted by atomic mass is 15.1. The zero-order valence-electron chi connectivity index (χ0n) is 16.2. The van der Waals surface area contributed by atoms with E-state index in [2.05, 4.69) is 32.4 Å². The minimum Gasteiger partial charge on any atom is -0.366 e. The Morgan fingerprint density at radius 1 is 0.964 bits per heavy atom. The fraction of sp³-hybridized carbons (Fsp3) is 0.182. The Balaban J connectivity index is 1.66. The molecule has 0 aliphatic carbocycles. The van der Waals surface area contributed by atoms with E-state index in [9.17, 15) is 0 Å². The monoisotopic (exact) mass is 370 g/mol. The van der Waals surface area contributed by atoms with Crippen molar-refractivity contribution in [3.05, 3.63) is 72.2 Å². The molecule has 0 saturated carbocycles. The van der Waals surface area contributed by atoms with E-state index >= 15 is 0 Å². The normalized spacial score (nSPS) is 10.8. The molecule has 4 aromatic rings. The van der Waals surface area contributed by atoms with Crippen molar-refractivity contribution in [2.45, 2.75) is 13.5 Å². The number of nitrogens with one attached hydrogen (secondary N) is 1. The number of anilines is 2. The van der Waals surface area contributed by atoms with Gasteiger partial charge in [-0.25, -0.2) is 15.0 Å². The molecule has 0 atom stereocenters. The molecule has 0 spiro atoms. The van der Waals surface area contributed by atoms with Crippen molar-refractivity contribution in [1.82, 2.24) is 19.9 Å². The Kier molecular flexibility index (Phi) is 4.85. The molecule has 3 aromatic heterocycles. The lowest BCUT2D eigenvalue weighted by Crippen LogP contribution is -2.12. The molecule has 1 aromatic carbocycles. The molecule has 3 heterocycles. The summed E-state index contributed by atoms with van der Waals surface area (Å²) in [6.07, 6.45) is 3.52. The SMILES string of the molecule is Cc1cc(NCc2cc(N(C)C)nc3ccccc23)nc(-c2cccnc2)n1. The van der Waals surface area contributed by atoms with Crippen LogP contribution in [-0.2, 0) is 6.54 Å². The molecular weight excluding hydrogens is 348 g/mol. The second kappa shape index (κ2) is 7.60. The molecule has 0 aliphatic heterocycles. The summed E-state index contributed by atoms with van der Waals surface area (Å²) in [6.45, 7) is 2.62. The second-order valence-electron chi connectivity index (χ2n) is 6.86. The highest BCUT2D eigenvalue weighted by Crippen LogP contribution is 2.23. The van der Waals surface area contributed by atoms with Crippen LogP contribution in [0.5, 0.6) is 0 Å². The third-order valence-corrected chi connectivity index (χ3v) is 4.48. The molecule has 0 amide bonds. The summed E-state index contributed by atoms with van der Waals surface area (Å²) in [5.74, 6) is 2.40. The van der Waals surface area contributed by atoms with Crippen LogP contribution < -0.4 is 10.2 Å². The molecule has 0 fully saturated rings. The number of pyridine rings is 2. The summed E-state index contributed by atoms with van der Waals surface area (Å²) in [5.41, 5.74) is 3.97. The van der Waals surface area contributed by atoms with Gasteiger partial charge in [0.2, 0.25) is 0 Å². The van der Waals surface area contributed by atoms with Gasteiger partial charge in [0.25, 0.3) is 0 Å². The highest BCUT2D eigenvalue weighted by molar-refractivity contribution is 5.84. The first-order chi connectivity index (χ1) is 13.6. The first-order valence-electron chi connectivity index (χ1n) is 9.16. The Hall–Kier alpha value is -3.54. The van der Waals surface area contributed by atoms with Gasteiger partial charge in [0.1, 0.15) is 11.6 Å². The number of benzene rings is 1. The number of aromatic nitrogens is 4. The highest BCUT2D eigenvalue weighted by Gasteiger charge is 2.09. The van der Waals surface area contributed by atoms with Crippen LogP contribution in [0, 0.1) is 6.92 Å². The zero-order chi connectivity index (χ0) is 19.5. The Morgan fingerprint density at radius 3 is 2.61 bits per heavy atom. The molecule has 0 saturated heterocycles. The number of aryl methyl sites for hydroxylation is 1. The van der Waals surface area contributed by atoms with E-state index in [4.69, 9.17) is 4.98 Å². The lowest BCUT2D eigenvalue weighted by Gasteiger charge is -2.16. The largest absolute Gasteiger partial charge is 0.366 e. The summed E-state index contributed by atoms with van der Waals surface area (Å²) in [5, 5.41) is 4.59. The van der Waals surface area contributed by atoms with Gasteiger partial charge >= 0.3 is 0 Å². The van der Waals surface area contributed by atoms with Gasteiger partial charge in [-0.1, -0.05) is 18.2 Å². The Labute approximate surface area is 164 Å². The van der Waals surface area contributed by atoms with Crippen LogP contribution in [0.1, 0.15) is 11.3 Å². The van der Waals surface area contributed by atoms with Gasteiger partial charge in [-0.3, -0.25) is 4.98 Å². The van der Waals surface area contributed by atoms with Crippen LogP contribution in [0.2, 0.25) is 0 Å². The van der Waals surface area contributed by atoms with Gasteiger partial charge in [0.15, 0.2) is 5.82 Å². The maximum atomic E-state index is 4.72. The van der Waals surface area contributed by atoms with Gasteiger partial charge in [-0.15, -0.1) is 0 Å². The minimum atomic E-state index is 0.646. The molecule has 6 nitrogen and oxygen atoms in total. The molecule has 0 bridgehead atoms. The second-order valence-corrected chi connectivity index (χ2v) is 6.86. The molecule has 28 heavy (non-hydrogen) atoms. The lowest BCUT2D eigenvalue weighted by molar-refractivity contribution is 1.04. The fourth-order valence-electron chi connectivity index (χ4n) is 3.08. The van der Waals surface area contributed by atoms with Crippen molar-refractivity contribution < 1.29 is 0 Å². The number of rotatable bonds is 5. The third-order valence-electron chi connectivity index (χ3n) is 4.48. The number of hydrogen-bond donors (Lipinski definition) is 1. The number of nitrogens with zero attached hydrogens (tertiary/aromatic N) is 5. The van der Waals surface area contributed by atoms with E-state index in [0.29, 0.717) is 12.4 Å². The molecular formula is C22H22N6. The smallest absolute Gasteiger partial charge is 0.163 e. The standard InChI is InChI=1S/C22H22N6/c1-15-11-20(27-22(25-15)16-7-6-10-23-13-16)24-14-17-12-21(28(2)3)26-19-9-5-4-8-18(17)19/h4-13H,14H2,1-3H3,(H,24,25,27). The number of para-hydroxylation sites is 1. The molecule has 4 rings (SSSR count). The Morgan fingerprint density at radius 2 is 1.82 bits per heavy atom. The lowest BCUT2D eigenvalue weighted by atomic mass is 10.1. The predicted octanol–water partition coefficient (Wildman–Crippen LogP) is 4.07. The van der Waals surface area contributed by atoms with Crippen molar-refractivity contribution in [2.24, 2.45) is 0 Å². The van der Waals surface area contributed by atoms with Crippen LogP contribution in [0.3, 0.4) is 0 Å². The van der Waals surface area contributed by atoms with Gasteiger partial charge in [0, 0.05) is 55.7 Å². The predicted molar refractivity (Wildman–Crippen MR) is 113 cm³/mol. The van der Waals surface area contributed by atoms with E-state index in [1.165, 1.54) is 5.56 Å². The molecule has 1 N–H and O–H groups in total. The van der Waals surface area contributed by atoms with E-state index in [1.54, 1.807) is 12.4 Å². The van der Waals surface area contributed by atoms with Crippen LogP contribution >= 0.6 is 0 Å². The molecule has 0 unspecified atom stereocenters. The third kappa shape index (κ3) is 3.76. The summed E-state index contributed by atoms with van der Waals surface area (Å²) >= 11 is 0. The maximum Gasteiger partial charge on any atom is 0.163 e. The van der Waals surface area contributed by atoms with Crippen molar-refractivity contribution in [3.8, 4) is 11.4 Å². The van der Waals surface area contributed by atoms with Gasteiger partial charge in [-0.05, 0) is 36.8 Å². The number of hydrogen-bond acceptors (Lipinski definition) is 6. The van der Waals surface area contributed by atoms with Crippen LogP contribution in [0.4, 0.5) is 11.6 Å². The summed E-state index contributed by atoms with van der Waals surface area (Å²) < 4.78 is 0. The van der Waals surface area contributed by atoms with Crippen LogP contribution in [0.15, 0.2) is 60.9 Å². The van der Waals surface area contributed by atoms with E-state index in [1.807, 2.05) is 62.3 Å². The van der Waals surface area contributed by atoms with E-state index < -0.39 is 0 Å². The minimum absolute atomic E-state index is 0.646. The molecule has 0 radical (unpaired) electrons. The first-order valence-corrected chi connectivity index (χ1v) is 9.16. The maximum absolute atomic E-state index is 4.72. The average molecular weight is 370 g/mol. The van der Waals surface area contributed by atoms with Crippen molar-refractivity contribution in [1.29, 1.82) is 0 Å². The van der Waals surface area contributed by atoms with Crippen LogP contribution in [0.25, 0.3) is 22.3 Å². The summed E-state index contributed by atoms with van der Waals surface area (Å²) in [7, 11) is 4.00. The average Bonchev–Trinajstić information content (AvgIpc) is 2.72. The fourth-order valence-corrected chi connectivity index (χ4v) is 3.08. The van der Waals surface area contributed by atoms with Gasteiger partial charge in [-0.2, -0.15) is 0 Å². The van der Waals surface area contributed by atoms with Gasteiger partial charge < -0.3 is 10.2 Å². The van der Waals surface area contributed by atoms with Crippen molar-refractivity contribution in [3.63, 3.8) is 0 Å². The van der Waals surface area contributed by atoms with E-state index in [0.717, 1.165) is 33.8 Å². The number of fused-ring (bicyclic) bond motifs is 1. The topological polar surface area (TPSA) is 66.8 Å². The van der Waals surface area contributed by atoms with Gasteiger partial charge in [0.05, 0.1) is 5.52 Å². The van der Waals surface area contributed by atoms with Crippen molar-refractivity contribution >= 4 is 22.5 Å². The zero-order valence-corrected chi connectivity index (χ0v) is 16.2. The van der Waals surface area contributed by atoms with Crippen molar-refractivity contribution in [2.75, 3.05) is 24.3 Å². The summed E-state index contributed by atoms with van der Waals surface area (Å²) in [4.78, 5) is 20.1. The quantitative estimate of drug-likeness (QED) is 0.571. The Bertz CT molecular complexity index is 1110. The molecule has 0 aliphatic rings. The molecule has 6 heteroatoms. The summed E-state index contributed by atoms with van der Waals surface area (Å²) in [6, 6.07) is 16.1. The van der Waals surface area contributed by atoms with E-state index in [-0.39, 0.29) is 0 Å².